The zero-order valence-corrected chi connectivity index (χ0v) is 11.7. The summed E-state index contributed by atoms with van der Waals surface area (Å²) >= 11 is 5.94. The van der Waals surface area contributed by atoms with E-state index in [9.17, 15) is 0 Å². The second-order valence-electron chi connectivity index (χ2n) is 3.97. The summed E-state index contributed by atoms with van der Waals surface area (Å²) in [7, 11) is 3.38. The van der Waals surface area contributed by atoms with Crippen LogP contribution in [0, 0.1) is 6.92 Å². The lowest BCUT2D eigenvalue weighted by Crippen LogP contribution is -2.02. The molecule has 0 radical (unpaired) electrons. The van der Waals surface area contributed by atoms with Crippen molar-refractivity contribution < 1.29 is 4.74 Å². The standard InChI is InChI=1S/C13H15ClN4O/c1-8-4-5-10(11(6-8)19-3)17-13-16-7-9(14)12(15-2)18-13/h4-7H,1-3H3,(H2,15,16,17,18). The van der Waals surface area contributed by atoms with Gasteiger partial charge in [-0.3, -0.25) is 0 Å². The maximum Gasteiger partial charge on any atom is 0.229 e. The quantitative estimate of drug-likeness (QED) is 0.899. The fraction of sp³-hybridized carbons (Fsp3) is 0.231. The predicted octanol–water partition coefficient (Wildman–Crippen LogP) is 3.23. The molecule has 2 rings (SSSR count). The van der Waals surface area contributed by atoms with Crippen LogP contribution in [-0.2, 0) is 0 Å². The first-order chi connectivity index (χ1) is 9.13. The summed E-state index contributed by atoms with van der Waals surface area (Å²) in [6.07, 6.45) is 1.55. The molecule has 0 atom stereocenters. The minimum absolute atomic E-state index is 0.455. The molecule has 6 heteroatoms. The first-order valence-corrected chi connectivity index (χ1v) is 6.14. The van der Waals surface area contributed by atoms with Gasteiger partial charge in [0.2, 0.25) is 5.95 Å². The third-order valence-corrected chi connectivity index (χ3v) is 2.86. The van der Waals surface area contributed by atoms with Gasteiger partial charge in [-0.2, -0.15) is 4.98 Å². The fourth-order valence-corrected chi connectivity index (χ4v) is 1.81. The van der Waals surface area contributed by atoms with Gasteiger partial charge in [-0.25, -0.2) is 4.98 Å². The molecule has 0 amide bonds. The number of benzene rings is 1. The van der Waals surface area contributed by atoms with Crippen molar-refractivity contribution in [2.75, 3.05) is 24.8 Å². The summed E-state index contributed by atoms with van der Waals surface area (Å²) < 4.78 is 5.32. The summed E-state index contributed by atoms with van der Waals surface area (Å²) in [5.74, 6) is 1.77. The minimum Gasteiger partial charge on any atom is -0.495 e. The molecule has 0 aliphatic rings. The van der Waals surface area contributed by atoms with E-state index < -0.39 is 0 Å². The van der Waals surface area contributed by atoms with Gasteiger partial charge in [0.25, 0.3) is 0 Å². The van der Waals surface area contributed by atoms with Crippen LogP contribution in [0.4, 0.5) is 17.5 Å². The highest BCUT2D eigenvalue weighted by atomic mass is 35.5. The second kappa shape index (κ2) is 5.75. The molecular formula is C13H15ClN4O. The maximum absolute atomic E-state index is 5.94. The number of ether oxygens (including phenoxy) is 1. The Morgan fingerprint density at radius 2 is 2.11 bits per heavy atom. The minimum atomic E-state index is 0.455. The van der Waals surface area contributed by atoms with Gasteiger partial charge in [-0.05, 0) is 24.6 Å². The molecule has 0 saturated carbocycles. The zero-order valence-electron chi connectivity index (χ0n) is 11.0. The Kier molecular flexibility index (Phi) is 4.06. The Bertz CT molecular complexity index is 589. The lowest BCUT2D eigenvalue weighted by Gasteiger charge is -2.11. The van der Waals surface area contributed by atoms with Crippen LogP contribution in [0.15, 0.2) is 24.4 Å². The molecule has 1 aromatic carbocycles. The fourth-order valence-electron chi connectivity index (χ4n) is 1.62. The van der Waals surface area contributed by atoms with Gasteiger partial charge < -0.3 is 15.4 Å². The second-order valence-corrected chi connectivity index (χ2v) is 4.38. The van der Waals surface area contributed by atoms with Gasteiger partial charge in [0.05, 0.1) is 19.0 Å². The van der Waals surface area contributed by atoms with E-state index in [4.69, 9.17) is 16.3 Å². The summed E-state index contributed by atoms with van der Waals surface area (Å²) in [5, 5.41) is 6.49. The van der Waals surface area contributed by atoms with Gasteiger partial charge in [0.15, 0.2) is 0 Å². The Morgan fingerprint density at radius 3 is 2.79 bits per heavy atom. The van der Waals surface area contributed by atoms with Crippen LogP contribution >= 0.6 is 11.6 Å². The van der Waals surface area contributed by atoms with Gasteiger partial charge in [0.1, 0.15) is 16.6 Å². The number of nitrogens with one attached hydrogen (secondary N) is 2. The van der Waals surface area contributed by atoms with Gasteiger partial charge >= 0.3 is 0 Å². The Labute approximate surface area is 117 Å². The van der Waals surface area contributed by atoms with Crippen molar-refractivity contribution in [2.24, 2.45) is 0 Å². The van der Waals surface area contributed by atoms with Crippen molar-refractivity contribution in [3.8, 4) is 5.75 Å². The molecular weight excluding hydrogens is 264 g/mol. The lowest BCUT2D eigenvalue weighted by atomic mass is 10.2. The molecule has 100 valence electrons. The molecule has 0 unspecified atom stereocenters. The molecule has 1 heterocycles. The average molecular weight is 279 g/mol. The van der Waals surface area contributed by atoms with E-state index in [0.29, 0.717) is 16.8 Å². The molecule has 19 heavy (non-hydrogen) atoms. The van der Waals surface area contributed by atoms with Crippen molar-refractivity contribution in [2.45, 2.75) is 6.92 Å². The molecule has 2 N–H and O–H groups in total. The molecule has 0 spiro atoms. The van der Waals surface area contributed by atoms with E-state index in [0.717, 1.165) is 17.0 Å². The number of methoxy groups -OCH3 is 1. The van der Waals surface area contributed by atoms with Gasteiger partial charge in [0, 0.05) is 7.05 Å². The SMILES string of the molecule is CNc1nc(Nc2ccc(C)cc2OC)ncc1Cl. The normalized spacial score (nSPS) is 10.1. The maximum atomic E-state index is 5.94. The number of hydrogen-bond acceptors (Lipinski definition) is 5. The van der Waals surface area contributed by atoms with E-state index in [-0.39, 0.29) is 0 Å². The molecule has 0 fully saturated rings. The number of hydrogen-bond donors (Lipinski definition) is 2. The number of nitrogens with zero attached hydrogens (tertiary/aromatic N) is 2. The molecule has 2 aromatic rings. The third kappa shape index (κ3) is 3.06. The highest BCUT2D eigenvalue weighted by Crippen LogP contribution is 2.28. The smallest absolute Gasteiger partial charge is 0.229 e. The Morgan fingerprint density at radius 1 is 1.32 bits per heavy atom. The summed E-state index contributed by atoms with van der Waals surface area (Å²) in [6, 6.07) is 5.85. The molecule has 0 aliphatic heterocycles. The number of aryl methyl sites for hydroxylation is 1. The van der Waals surface area contributed by atoms with Gasteiger partial charge in [-0.15, -0.1) is 0 Å². The van der Waals surface area contributed by atoms with Crippen LogP contribution in [0.1, 0.15) is 5.56 Å². The van der Waals surface area contributed by atoms with E-state index in [1.807, 2.05) is 25.1 Å². The Hall–Kier alpha value is -2.01. The van der Waals surface area contributed by atoms with Crippen molar-refractivity contribution in [1.82, 2.24) is 9.97 Å². The van der Waals surface area contributed by atoms with Crippen molar-refractivity contribution in [1.29, 1.82) is 0 Å². The van der Waals surface area contributed by atoms with Crippen LogP contribution < -0.4 is 15.4 Å². The highest BCUT2D eigenvalue weighted by molar-refractivity contribution is 6.32. The first kappa shape index (κ1) is 13.4. The number of anilines is 3. The van der Waals surface area contributed by atoms with Crippen LogP contribution in [0.5, 0.6) is 5.75 Å². The van der Waals surface area contributed by atoms with Gasteiger partial charge in [-0.1, -0.05) is 17.7 Å². The van der Waals surface area contributed by atoms with Crippen LogP contribution in [0.2, 0.25) is 5.02 Å². The van der Waals surface area contributed by atoms with Crippen LogP contribution in [-0.4, -0.2) is 24.1 Å². The largest absolute Gasteiger partial charge is 0.495 e. The molecule has 0 bridgehead atoms. The number of halogens is 1. The molecule has 0 aliphatic carbocycles. The molecule has 0 saturated heterocycles. The summed E-state index contributed by atoms with van der Waals surface area (Å²) in [4.78, 5) is 8.39. The summed E-state index contributed by atoms with van der Waals surface area (Å²) in [6.45, 7) is 2.00. The number of aromatic nitrogens is 2. The number of rotatable bonds is 4. The average Bonchev–Trinajstić information content (AvgIpc) is 2.42. The topological polar surface area (TPSA) is 59.1 Å². The lowest BCUT2D eigenvalue weighted by molar-refractivity contribution is 0.416. The van der Waals surface area contributed by atoms with E-state index in [1.165, 1.54) is 0 Å². The van der Waals surface area contributed by atoms with Crippen molar-refractivity contribution in [3.63, 3.8) is 0 Å². The molecule has 5 nitrogen and oxygen atoms in total. The monoisotopic (exact) mass is 278 g/mol. The first-order valence-electron chi connectivity index (χ1n) is 5.76. The van der Waals surface area contributed by atoms with E-state index >= 15 is 0 Å². The highest BCUT2D eigenvalue weighted by Gasteiger charge is 2.07. The van der Waals surface area contributed by atoms with Crippen LogP contribution in [0.25, 0.3) is 0 Å². The molecule has 1 aromatic heterocycles. The predicted molar refractivity (Wildman–Crippen MR) is 77.6 cm³/mol. The van der Waals surface area contributed by atoms with Crippen molar-refractivity contribution in [3.05, 3.63) is 35.0 Å². The third-order valence-electron chi connectivity index (χ3n) is 2.58. The zero-order chi connectivity index (χ0) is 13.8. The van der Waals surface area contributed by atoms with E-state index in [1.54, 1.807) is 20.4 Å². The van der Waals surface area contributed by atoms with Crippen LogP contribution in [0.3, 0.4) is 0 Å². The van der Waals surface area contributed by atoms with E-state index in [2.05, 4.69) is 20.6 Å². The van der Waals surface area contributed by atoms with Crippen molar-refractivity contribution >= 4 is 29.1 Å². The Balaban J connectivity index is 2.30. The summed E-state index contributed by atoms with van der Waals surface area (Å²) in [5.41, 5.74) is 1.92.